The molecule has 0 spiro atoms. The minimum Gasteiger partial charge on any atom is -0.358 e. The number of aromatic nitrogens is 3. The van der Waals surface area contributed by atoms with Gasteiger partial charge in [0.15, 0.2) is 0 Å². The van der Waals surface area contributed by atoms with Gasteiger partial charge in [0.2, 0.25) is 10.0 Å². The maximum absolute atomic E-state index is 12.0. The Morgan fingerprint density at radius 3 is 2.80 bits per heavy atom. The molecule has 0 saturated heterocycles. The van der Waals surface area contributed by atoms with Gasteiger partial charge in [-0.1, -0.05) is 12.1 Å². The maximum atomic E-state index is 12.0. The van der Waals surface area contributed by atoms with Crippen LogP contribution in [-0.2, 0) is 10.0 Å². The first-order valence-corrected chi connectivity index (χ1v) is 7.55. The van der Waals surface area contributed by atoms with E-state index in [-0.39, 0.29) is 4.90 Å². The number of sulfonamides is 1. The fraction of sp³-hybridized carbons (Fsp3) is 0.154. The van der Waals surface area contributed by atoms with Crippen molar-refractivity contribution in [2.75, 3.05) is 7.05 Å². The van der Waals surface area contributed by atoms with Crippen molar-refractivity contribution in [1.29, 1.82) is 0 Å². The molecule has 6 nitrogen and oxygen atoms in total. The summed E-state index contributed by atoms with van der Waals surface area (Å²) in [5, 5.41) is 0.661. The van der Waals surface area contributed by atoms with Crippen LogP contribution >= 0.6 is 0 Å². The molecule has 0 aliphatic rings. The van der Waals surface area contributed by atoms with E-state index in [0.29, 0.717) is 5.39 Å². The number of H-pyrrole nitrogens is 1. The van der Waals surface area contributed by atoms with Crippen molar-refractivity contribution in [2.24, 2.45) is 0 Å². The van der Waals surface area contributed by atoms with E-state index in [1.54, 1.807) is 12.5 Å². The third kappa shape index (κ3) is 1.83. The molecule has 0 radical (unpaired) electrons. The fourth-order valence-electron chi connectivity index (χ4n) is 2.32. The molecule has 2 heterocycles. The zero-order valence-electron chi connectivity index (χ0n) is 11.1. The average Bonchev–Trinajstić information content (AvgIpc) is 3.07. The van der Waals surface area contributed by atoms with Gasteiger partial charge in [0.25, 0.3) is 0 Å². The molecular formula is C13H14N4O2S. The zero-order chi connectivity index (χ0) is 14.3. The molecule has 0 atom stereocenters. The summed E-state index contributed by atoms with van der Waals surface area (Å²) in [4.78, 5) is 7.34. The molecule has 0 bridgehead atoms. The van der Waals surface area contributed by atoms with Gasteiger partial charge in [0.05, 0.1) is 17.5 Å². The van der Waals surface area contributed by atoms with Crippen molar-refractivity contribution in [3.8, 4) is 5.69 Å². The van der Waals surface area contributed by atoms with Crippen LogP contribution in [0, 0.1) is 6.92 Å². The maximum Gasteiger partial charge on any atom is 0.242 e. The fourth-order valence-corrected chi connectivity index (χ4v) is 3.21. The molecule has 0 saturated carbocycles. The number of rotatable bonds is 3. The Bertz CT molecular complexity index is 863. The summed E-state index contributed by atoms with van der Waals surface area (Å²) in [6.07, 6.45) is 6.71. The van der Waals surface area contributed by atoms with E-state index >= 15 is 0 Å². The Hall–Kier alpha value is -2.12. The van der Waals surface area contributed by atoms with Gasteiger partial charge in [-0.3, -0.25) is 0 Å². The van der Waals surface area contributed by atoms with E-state index in [1.807, 2.05) is 29.8 Å². The Balaban J connectivity index is 2.36. The van der Waals surface area contributed by atoms with Crippen LogP contribution in [-0.4, -0.2) is 30.0 Å². The topological polar surface area (TPSA) is 79.8 Å². The lowest BCUT2D eigenvalue weighted by Gasteiger charge is -2.08. The highest BCUT2D eigenvalue weighted by Crippen LogP contribution is 2.29. The number of aryl methyl sites for hydroxylation is 1. The smallest absolute Gasteiger partial charge is 0.242 e. The molecule has 0 aliphatic heterocycles. The Kier molecular flexibility index (Phi) is 2.88. The van der Waals surface area contributed by atoms with E-state index in [4.69, 9.17) is 0 Å². The first-order chi connectivity index (χ1) is 9.54. The highest BCUT2D eigenvalue weighted by atomic mass is 32.2. The molecule has 0 fully saturated rings. The van der Waals surface area contributed by atoms with Crippen LogP contribution in [0.2, 0.25) is 0 Å². The van der Waals surface area contributed by atoms with Crippen LogP contribution in [0.3, 0.4) is 0 Å². The number of aromatic amines is 1. The zero-order valence-corrected chi connectivity index (χ0v) is 11.9. The van der Waals surface area contributed by atoms with Crippen LogP contribution in [0.1, 0.15) is 5.56 Å². The molecular weight excluding hydrogens is 276 g/mol. The van der Waals surface area contributed by atoms with Gasteiger partial charge in [-0.15, -0.1) is 0 Å². The molecule has 2 aromatic heterocycles. The number of imidazole rings is 1. The molecule has 3 aromatic rings. The summed E-state index contributed by atoms with van der Waals surface area (Å²) in [6, 6.07) is 3.71. The van der Waals surface area contributed by atoms with Gasteiger partial charge >= 0.3 is 0 Å². The number of benzene rings is 1. The standard InChI is InChI=1S/C13H14N4O2S/c1-9-3-4-10-11(20(18,19)14-2)7-16-12(10)13(9)17-6-5-15-8-17/h3-8,14,16H,1-2H3. The molecule has 20 heavy (non-hydrogen) atoms. The summed E-state index contributed by atoms with van der Waals surface area (Å²) in [6.45, 7) is 1.97. The van der Waals surface area contributed by atoms with E-state index in [1.165, 1.54) is 13.2 Å². The number of nitrogens with zero attached hydrogens (tertiary/aromatic N) is 2. The van der Waals surface area contributed by atoms with Gasteiger partial charge in [0, 0.05) is 24.0 Å². The molecule has 0 unspecified atom stereocenters. The number of hydrogen-bond donors (Lipinski definition) is 2. The molecule has 1 aromatic carbocycles. The van der Waals surface area contributed by atoms with Crippen molar-refractivity contribution in [3.05, 3.63) is 42.6 Å². The van der Waals surface area contributed by atoms with Crippen molar-refractivity contribution >= 4 is 20.9 Å². The second kappa shape index (κ2) is 4.46. The Labute approximate surface area is 116 Å². The number of fused-ring (bicyclic) bond motifs is 1. The molecule has 0 amide bonds. The largest absolute Gasteiger partial charge is 0.358 e. The third-order valence-corrected chi connectivity index (χ3v) is 4.77. The highest BCUT2D eigenvalue weighted by molar-refractivity contribution is 7.89. The summed E-state index contributed by atoms with van der Waals surface area (Å²) >= 11 is 0. The highest BCUT2D eigenvalue weighted by Gasteiger charge is 2.19. The number of hydrogen-bond acceptors (Lipinski definition) is 3. The first kappa shape index (κ1) is 12.9. The van der Waals surface area contributed by atoms with Gasteiger partial charge in [-0.05, 0) is 19.5 Å². The predicted octanol–water partition coefficient (Wildman–Crippen LogP) is 1.57. The van der Waals surface area contributed by atoms with Crippen LogP contribution in [0.25, 0.3) is 16.6 Å². The molecule has 3 rings (SSSR count). The van der Waals surface area contributed by atoms with Crippen molar-refractivity contribution in [3.63, 3.8) is 0 Å². The molecule has 104 valence electrons. The van der Waals surface area contributed by atoms with Crippen LogP contribution in [0.15, 0.2) is 41.9 Å². The summed E-state index contributed by atoms with van der Waals surface area (Å²) in [5.74, 6) is 0. The van der Waals surface area contributed by atoms with Gasteiger partial charge in [-0.2, -0.15) is 0 Å². The first-order valence-electron chi connectivity index (χ1n) is 6.07. The Morgan fingerprint density at radius 2 is 2.15 bits per heavy atom. The van der Waals surface area contributed by atoms with E-state index in [0.717, 1.165) is 16.8 Å². The lowest BCUT2D eigenvalue weighted by molar-refractivity contribution is 0.589. The van der Waals surface area contributed by atoms with Crippen LogP contribution in [0.5, 0.6) is 0 Å². The lowest BCUT2D eigenvalue weighted by Crippen LogP contribution is -2.18. The second-order valence-corrected chi connectivity index (χ2v) is 6.34. The molecule has 2 N–H and O–H groups in total. The van der Waals surface area contributed by atoms with E-state index in [9.17, 15) is 8.42 Å². The van der Waals surface area contributed by atoms with Gasteiger partial charge in [-0.25, -0.2) is 18.1 Å². The molecule has 7 heteroatoms. The normalized spacial score (nSPS) is 12.1. The monoisotopic (exact) mass is 290 g/mol. The van der Waals surface area contributed by atoms with Crippen molar-refractivity contribution in [1.82, 2.24) is 19.3 Å². The summed E-state index contributed by atoms with van der Waals surface area (Å²) in [5.41, 5.74) is 2.71. The lowest BCUT2D eigenvalue weighted by atomic mass is 10.1. The second-order valence-electron chi connectivity index (χ2n) is 4.48. The minimum atomic E-state index is -3.49. The van der Waals surface area contributed by atoms with Crippen molar-refractivity contribution in [2.45, 2.75) is 11.8 Å². The SMILES string of the molecule is CNS(=O)(=O)c1c[nH]c2c(-n3ccnc3)c(C)ccc12. The predicted molar refractivity (Wildman–Crippen MR) is 76.4 cm³/mol. The average molecular weight is 290 g/mol. The van der Waals surface area contributed by atoms with Crippen LogP contribution in [0.4, 0.5) is 0 Å². The summed E-state index contributed by atoms with van der Waals surface area (Å²) < 4.78 is 28.2. The van der Waals surface area contributed by atoms with E-state index in [2.05, 4.69) is 14.7 Å². The third-order valence-electron chi connectivity index (χ3n) is 3.31. The quantitative estimate of drug-likeness (QED) is 0.768. The molecule has 0 aliphatic carbocycles. The van der Waals surface area contributed by atoms with Gasteiger partial charge in [0.1, 0.15) is 4.90 Å². The van der Waals surface area contributed by atoms with E-state index < -0.39 is 10.0 Å². The number of nitrogens with one attached hydrogen (secondary N) is 2. The minimum absolute atomic E-state index is 0.247. The van der Waals surface area contributed by atoms with Crippen LogP contribution < -0.4 is 4.72 Å². The summed E-state index contributed by atoms with van der Waals surface area (Å²) in [7, 11) is -2.08. The Morgan fingerprint density at radius 1 is 1.35 bits per heavy atom. The van der Waals surface area contributed by atoms with Crippen molar-refractivity contribution < 1.29 is 8.42 Å². The van der Waals surface area contributed by atoms with Gasteiger partial charge < -0.3 is 9.55 Å².